The van der Waals surface area contributed by atoms with E-state index in [0.29, 0.717) is 6.42 Å². The number of benzene rings is 1. The Kier molecular flexibility index (Phi) is 4.79. The molecule has 2 N–H and O–H groups in total. The molecule has 0 aliphatic rings. The fraction of sp³-hybridized carbons (Fsp3) is 0.417. The number of methoxy groups -OCH3 is 1. The van der Waals surface area contributed by atoms with Crippen LogP contribution in [0, 0.1) is 0 Å². The maximum absolute atomic E-state index is 11.5. The number of ether oxygens (including phenoxy) is 1. The number of hydrogen-bond acceptors (Lipinski definition) is 3. The summed E-state index contributed by atoms with van der Waals surface area (Å²) in [7, 11) is 1.59. The van der Waals surface area contributed by atoms with Gasteiger partial charge in [-0.15, -0.1) is 0 Å². The number of carbonyl (C=O) groups is 1. The van der Waals surface area contributed by atoms with E-state index >= 15 is 0 Å². The van der Waals surface area contributed by atoms with Crippen LogP contribution in [0.25, 0.3) is 0 Å². The fourth-order valence-corrected chi connectivity index (χ4v) is 1.29. The molecule has 1 aromatic rings. The summed E-state index contributed by atoms with van der Waals surface area (Å²) in [5, 5.41) is 11.7. The zero-order valence-corrected chi connectivity index (χ0v) is 9.56. The van der Waals surface area contributed by atoms with Gasteiger partial charge in [-0.25, -0.2) is 0 Å². The molecule has 0 spiro atoms. The van der Waals surface area contributed by atoms with E-state index in [1.165, 1.54) is 0 Å². The highest BCUT2D eigenvalue weighted by atomic mass is 16.5. The standard InChI is InChI=1S/C12H17NO3/c1-9(14)8-13-12(15)7-10-4-3-5-11(6-10)16-2/h3-6,9,14H,7-8H2,1-2H3,(H,13,15). The second kappa shape index (κ2) is 6.12. The van der Waals surface area contributed by atoms with Crippen molar-refractivity contribution in [1.29, 1.82) is 0 Å². The summed E-state index contributed by atoms with van der Waals surface area (Å²) in [6.07, 6.45) is -0.224. The molecular formula is C12H17NO3. The summed E-state index contributed by atoms with van der Waals surface area (Å²) < 4.78 is 5.06. The molecular weight excluding hydrogens is 206 g/mol. The van der Waals surface area contributed by atoms with Crippen LogP contribution in [-0.2, 0) is 11.2 Å². The summed E-state index contributed by atoms with van der Waals surface area (Å²) in [4.78, 5) is 11.5. The second-order valence-electron chi connectivity index (χ2n) is 3.68. The number of aliphatic hydroxyl groups is 1. The van der Waals surface area contributed by atoms with E-state index in [2.05, 4.69) is 5.32 Å². The van der Waals surface area contributed by atoms with Gasteiger partial charge >= 0.3 is 0 Å². The second-order valence-corrected chi connectivity index (χ2v) is 3.68. The molecule has 1 aromatic carbocycles. The van der Waals surface area contributed by atoms with Crippen molar-refractivity contribution in [3.63, 3.8) is 0 Å². The van der Waals surface area contributed by atoms with Crippen LogP contribution in [0.2, 0.25) is 0 Å². The third-order valence-corrected chi connectivity index (χ3v) is 2.09. The molecule has 4 nitrogen and oxygen atoms in total. The quantitative estimate of drug-likeness (QED) is 0.774. The van der Waals surface area contributed by atoms with Gasteiger partial charge in [0.25, 0.3) is 0 Å². The lowest BCUT2D eigenvalue weighted by molar-refractivity contribution is -0.120. The summed E-state index contributed by atoms with van der Waals surface area (Å²) in [6, 6.07) is 7.36. The zero-order chi connectivity index (χ0) is 12.0. The van der Waals surface area contributed by atoms with Gasteiger partial charge in [0, 0.05) is 6.54 Å². The van der Waals surface area contributed by atoms with Gasteiger partial charge in [0.05, 0.1) is 19.6 Å². The topological polar surface area (TPSA) is 58.6 Å². The van der Waals surface area contributed by atoms with Crippen molar-refractivity contribution in [3.8, 4) is 5.75 Å². The van der Waals surface area contributed by atoms with Crippen molar-refractivity contribution in [3.05, 3.63) is 29.8 Å². The Labute approximate surface area is 95.2 Å². The summed E-state index contributed by atoms with van der Waals surface area (Å²) in [6.45, 7) is 1.91. The van der Waals surface area contributed by atoms with Gasteiger partial charge in [-0.3, -0.25) is 4.79 Å². The normalized spacial score (nSPS) is 11.9. The molecule has 0 aliphatic carbocycles. The van der Waals surface area contributed by atoms with E-state index in [1.807, 2.05) is 24.3 Å². The Morgan fingerprint density at radius 1 is 1.56 bits per heavy atom. The molecule has 88 valence electrons. The first-order valence-electron chi connectivity index (χ1n) is 5.19. The maximum atomic E-state index is 11.5. The number of aliphatic hydroxyl groups excluding tert-OH is 1. The van der Waals surface area contributed by atoms with Gasteiger partial charge in [0.2, 0.25) is 5.91 Å². The SMILES string of the molecule is COc1cccc(CC(=O)NCC(C)O)c1. The monoisotopic (exact) mass is 223 g/mol. The average Bonchev–Trinajstić information content (AvgIpc) is 2.26. The Bertz CT molecular complexity index is 350. The van der Waals surface area contributed by atoms with Gasteiger partial charge in [0.1, 0.15) is 5.75 Å². The van der Waals surface area contributed by atoms with Crippen LogP contribution < -0.4 is 10.1 Å². The van der Waals surface area contributed by atoms with Crippen LogP contribution >= 0.6 is 0 Å². The molecule has 0 saturated carbocycles. The molecule has 0 radical (unpaired) electrons. The van der Waals surface area contributed by atoms with Crippen LogP contribution in [0.5, 0.6) is 5.75 Å². The van der Waals surface area contributed by atoms with Crippen LogP contribution in [0.3, 0.4) is 0 Å². The van der Waals surface area contributed by atoms with Crippen LogP contribution in [0.15, 0.2) is 24.3 Å². The molecule has 0 fully saturated rings. The predicted molar refractivity (Wildman–Crippen MR) is 61.4 cm³/mol. The number of rotatable bonds is 5. The first-order valence-corrected chi connectivity index (χ1v) is 5.19. The Morgan fingerprint density at radius 3 is 2.94 bits per heavy atom. The van der Waals surface area contributed by atoms with Gasteiger partial charge < -0.3 is 15.2 Å². The van der Waals surface area contributed by atoms with Crippen molar-refractivity contribution in [2.45, 2.75) is 19.4 Å². The largest absolute Gasteiger partial charge is 0.497 e. The first-order chi connectivity index (χ1) is 7.61. The smallest absolute Gasteiger partial charge is 0.224 e. The van der Waals surface area contributed by atoms with Gasteiger partial charge in [0.15, 0.2) is 0 Å². The summed E-state index contributed by atoms with van der Waals surface area (Å²) in [5.74, 6) is 0.634. The molecule has 16 heavy (non-hydrogen) atoms. The van der Waals surface area contributed by atoms with E-state index in [9.17, 15) is 4.79 Å². The molecule has 1 amide bonds. The fourth-order valence-electron chi connectivity index (χ4n) is 1.29. The molecule has 1 unspecified atom stereocenters. The van der Waals surface area contributed by atoms with Crippen molar-refractivity contribution in [1.82, 2.24) is 5.32 Å². The summed E-state index contributed by atoms with van der Waals surface area (Å²) >= 11 is 0. The van der Waals surface area contributed by atoms with Crippen molar-refractivity contribution >= 4 is 5.91 Å². The lowest BCUT2D eigenvalue weighted by Crippen LogP contribution is -2.31. The van der Waals surface area contributed by atoms with Gasteiger partial charge in [-0.2, -0.15) is 0 Å². The third-order valence-electron chi connectivity index (χ3n) is 2.09. The van der Waals surface area contributed by atoms with E-state index in [-0.39, 0.29) is 12.5 Å². The van der Waals surface area contributed by atoms with Crippen molar-refractivity contribution in [2.75, 3.05) is 13.7 Å². The predicted octanol–water partition coefficient (Wildman–Crippen LogP) is 0.735. The molecule has 0 saturated heterocycles. The van der Waals surface area contributed by atoms with E-state index in [4.69, 9.17) is 9.84 Å². The number of amides is 1. The molecule has 0 heterocycles. The van der Waals surface area contributed by atoms with Crippen LogP contribution in [-0.4, -0.2) is 30.8 Å². The van der Waals surface area contributed by atoms with Gasteiger partial charge in [-0.05, 0) is 24.6 Å². The molecule has 1 atom stereocenters. The molecule has 4 heteroatoms. The highest BCUT2D eigenvalue weighted by Gasteiger charge is 2.05. The molecule has 0 aromatic heterocycles. The van der Waals surface area contributed by atoms with E-state index in [1.54, 1.807) is 14.0 Å². The minimum absolute atomic E-state index is 0.103. The number of carbonyl (C=O) groups excluding carboxylic acids is 1. The van der Waals surface area contributed by atoms with Crippen LogP contribution in [0.1, 0.15) is 12.5 Å². The Hall–Kier alpha value is -1.55. The van der Waals surface area contributed by atoms with E-state index < -0.39 is 6.10 Å². The minimum atomic E-state index is -0.519. The lowest BCUT2D eigenvalue weighted by atomic mass is 10.1. The first kappa shape index (κ1) is 12.5. The highest BCUT2D eigenvalue weighted by Crippen LogP contribution is 2.12. The molecule has 1 rings (SSSR count). The number of hydrogen-bond donors (Lipinski definition) is 2. The Balaban J connectivity index is 2.49. The van der Waals surface area contributed by atoms with E-state index in [0.717, 1.165) is 11.3 Å². The van der Waals surface area contributed by atoms with Crippen molar-refractivity contribution < 1.29 is 14.6 Å². The van der Waals surface area contributed by atoms with Crippen molar-refractivity contribution in [2.24, 2.45) is 0 Å². The van der Waals surface area contributed by atoms with Gasteiger partial charge in [-0.1, -0.05) is 12.1 Å². The zero-order valence-electron chi connectivity index (χ0n) is 9.56. The summed E-state index contributed by atoms with van der Waals surface area (Å²) in [5.41, 5.74) is 0.891. The average molecular weight is 223 g/mol. The molecule has 0 aliphatic heterocycles. The minimum Gasteiger partial charge on any atom is -0.497 e. The lowest BCUT2D eigenvalue weighted by Gasteiger charge is -2.07. The van der Waals surface area contributed by atoms with Crippen LogP contribution in [0.4, 0.5) is 0 Å². The number of nitrogens with one attached hydrogen (secondary N) is 1. The maximum Gasteiger partial charge on any atom is 0.224 e. The third kappa shape index (κ3) is 4.31. The highest BCUT2D eigenvalue weighted by molar-refractivity contribution is 5.78. The molecule has 0 bridgehead atoms. The Morgan fingerprint density at radius 2 is 2.31 bits per heavy atom.